The molecule has 1 fully saturated rings. The maximum atomic E-state index is 12.9. The number of carboxylic acid groups (broad SMARTS) is 1. The van der Waals surface area contributed by atoms with Gasteiger partial charge in [0.15, 0.2) is 0 Å². The number of nitrogens with zero attached hydrogens (tertiary/aromatic N) is 2. The number of amides is 2. The molecule has 8 nitrogen and oxygen atoms in total. The fourth-order valence-electron chi connectivity index (χ4n) is 4.21. The van der Waals surface area contributed by atoms with Crippen LogP contribution in [0.15, 0.2) is 42.5 Å². The van der Waals surface area contributed by atoms with Crippen LogP contribution in [0.25, 0.3) is 0 Å². The first-order chi connectivity index (χ1) is 16.4. The number of hydrogen-bond acceptors (Lipinski definition) is 5. The summed E-state index contributed by atoms with van der Waals surface area (Å²) in [5, 5.41) is 12.1. The van der Waals surface area contributed by atoms with Crippen LogP contribution >= 0.6 is 0 Å². The van der Waals surface area contributed by atoms with Gasteiger partial charge in [0.25, 0.3) is 5.91 Å². The Hall–Kier alpha value is -3.55. The molecule has 3 rings (SSSR count). The lowest BCUT2D eigenvalue weighted by molar-refractivity contribution is -0.137. The molecule has 2 amide bonds. The Labute approximate surface area is 207 Å². The van der Waals surface area contributed by atoms with E-state index in [1.165, 1.54) is 0 Å². The van der Waals surface area contributed by atoms with E-state index in [1.807, 2.05) is 42.2 Å². The number of nitrogen functional groups attached to an aromatic ring is 1. The number of aliphatic carboxylic acids is 1. The van der Waals surface area contributed by atoms with E-state index in [4.69, 9.17) is 5.73 Å². The zero-order chi connectivity index (χ0) is 25.8. The summed E-state index contributed by atoms with van der Waals surface area (Å²) in [6, 6.07) is 11.9. The average Bonchev–Trinajstić information content (AvgIpc) is 2.77. The number of piperazine rings is 1. The van der Waals surface area contributed by atoms with Gasteiger partial charge in [0, 0.05) is 38.2 Å². The van der Waals surface area contributed by atoms with Crippen molar-refractivity contribution in [1.29, 1.82) is 0 Å². The lowest BCUT2D eigenvalue weighted by atomic mass is 9.91. The second-order valence-corrected chi connectivity index (χ2v) is 10.4. The molecule has 0 aromatic heterocycles. The number of aryl methyl sites for hydroxylation is 1. The molecule has 1 heterocycles. The van der Waals surface area contributed by atoms with Gasteiger partial charge in [-0.05, 0) is 36.1 Å². The number of rotatable bonds is 7. The number of benzene rings is 2. The number of carbonyl (C=O) groups is 3. The number of carboxylic acids is 1. The summed E-state index contributed by atoms with van der Waals surface area (Å²) in [4.78, 5) is 40.8. The summed E-state index contributed by atoms with van der Waals surface area (Å²) in [5.41, 5.74) is 9.71. The monoisotopic (exact) mass is 480 g/mol. The third kappa shape index (κ3) is 7.21. The maximum absolute atomic E-state index is 12.9. The Morgan fingerprint density at radius 1 is 1.03 bits per heavy atom. The maximum Gasteiger partial charge on any atom is 0.305 e. The van der Waals surface area contributed by atoms with Crippen LogP contribution in [0, 0.1) is 12.3 Å². The van der Waals surface area contributed by atoms with Crippen molar-refractivity contribution in [3.63, 3.8) is 0 Å². The first kappa shape index (κ1) is 26.1. The van der Waals surface area contributed by atoms with Crippen LogP contribution < -0.4 is 16.0 Å². The molecule has 1 saturated heterocycles. The zero-order valence-corrected chi connectivity index (χ0v) is 21.0. The molecule has 0 aliphatic carbocycles. The molecule has 2 aromatic carbocycles. The third-order valence-electron chi connectivity index (χ3n) is 6.11. The van der Waals surface area contributed by atoms with E-state index in [-0.39, 0.29) is 23.7 Å². The van der Waals surface area contributed by atoms with Crippen LogP contribution in [0.5, 0.6) is 0 Å². The van der Waals surface area contributed by atoms with Crippen molar-refractivity contribution < 1.29 is 19.5 Å². The van der Waals surface area contributed by atoms with E-state index >= 15 is 0 Å². The van der Waals surface area contributed by atoms with Gasteiger partial charge in [0.2, 0.25) is 5.91 Å². The SMILES string of the molecule is Cc1ccc(C(CC(=O)O)NC(=O)c2ccc(N3CCN(C(=O)CC(C)(C)C)CC3)c(N)c2)cc1. The summed E-state index contributed by atoms with van der Waals surface area (Å²) >= 11 is 0. The topological polar surface area (TPSA) is 116 Å². The zero-order valence-electron chi connectivity index (χ0n) is 21.0. The largest absolute Gasteiger partial charge is 0.481 e. The fraction of sp³-hybridized carbons (Fsp3) is 0.444. The molecular formula is C27H36N4O4. The smallest absolute Gasteiger partial charge is 0.305 e. The molecule has 1 atom stereocenters. The molecule has 1 aliphatic rings. The van der Waals surface area contributed by atoms with Gasteiger partial charge in [-0.15, -0.1) is 0 Å². The van der Waals surface area contributed by atoms with Crippen molar-refractivity contribution in [2.45, 2.75) is 46.6 Å². The Balaban J connectivity index is 1.66. The van der Waals surface area contributed by atoms with E-state index < -0.39 is 12.0 Å². The minimum atomic E-state index is -0.995. The number of nitrogens with two attached hydrogens (primary N) is 1. The normalized spacial score (nSPS) is 15.0. The van der Waals surface area contributed by atoms with Gasteiger partial charge in [-0.1, -0.05) is 50.6 Å². The number of anilines is 2. The molecule has 0 spiro atoms. The van der Waals surface area contributed by atoms with Crippen LogP contribution in [0.2, 0.25) is 0 Å². The van der Waals surface area contributed by atoms with Gasteiger partial charge in [0.05, 0.1) is 23.8 Å². The van der Waals surface area contributed by atoms with E-state index in [0.717, 1.165) is 16.8 Å². The quantitative estimate of drug-likeness (QED) is 0.522. The molecule has 188 valence electrons. The Morgan fingerprint density at radius 3 is 2.20 bits per heavy atom. The van der Waals surface area contributed by atoms with Gasteiger partial charge in [-0.2, -0.15) is 0 Å². The molecule has 1 aliphatic heterocycles. The van der Waals surface area contributed by atoms with E-state index in [0.29, 0.717) is 43.9 Å². The molecule has 4 N–H and O–H groups in total. The Bertz CT molecular complexity index is 1070. The minimum Gasteiger partial charge on any atom is -0.481 e. The minimum absolute atomic E-state index is 0.0437. The highest BCUT2D eigenvalue weighted by Gasteiger charge is 2.26. The van der Waals surface area contributed by atoms with Crippen LogP contribution in [0.3, 0.4) is 0 Å². The summed E-state index contributed by atoms with van der Waals surface area (Å²) in [7, 11) is 0. The Kier molecular flexibility index (Phi) is 8.04. The van der Waals surface area contributed by atoms with Crippen molar-refractivity contribution in [2.75, 3.05) is 36.8 Å². The van der Waals surface area contributed by atoms with Crippen LogP contribution in [-0.2, 0) is 9.59 Å². The molecule has 0 bridgehead atoms. The van der Waals surface area contributed by atoms with Gasteiger partial charge < -0.3 is 26.0 Å². The van der Waals surface area contributed by atoms with Crippen LogP contribution in [0.4, 0.5) is 11.4 Å². The predicted molar refractivity (Wildman–Crippen MR) is 137 cm³/mol. The number of nitrogens with one attached hydrogen (secondary N) is 1. The third-order valence-corrected chi connectivity index (χ3v) is 6.11. The summed E-state index contributed by atoms with van der Waals surface area (Å²) in [5.74, 6) is -1.21. The standard InChI is InChI=1S/C27H36N4O4/c1-18-5-7-19(8-6-18)22(16-25(33)34)29-26(35)20-9-10-23(21(28)15-20)30-11-13-31(14-12-30)24(32)17-27(2,3)4/h5-10,15,22H,11-14,16-17,28H2,1-4H3,(H,29,35)(H,33,34). The summed E-state index contributed by atoms with van der Waals surface area (Å²) in [6.45, 7) is 10.7. The second-order valence-electron chi connectivity index (χ2n) is 10.4. The summed E-state index contributed by atoms with van der Waals surface area (Å²) in [6.07, 6.45) is 0.297. The van der Waals surface area contributed by atoms with E-state index in [9.17, 15) is 19.5 Å². The van der Waals surface area contributed by atoms with Gasteiger partial charge >= 0.3 is 5.97 Å². The molecule has 0 saturated carbocycles. The lowest BCUT2D eigenvalue weighted by Gasteiger charge is -2.37. The van der Waals surface area contributed by atoms with Crippen LogP contribution in [0.1, 0.15) is 61.1 Å². The van der Waals surface area contributed by atoms with Crippen molar-refractivity contribution >= 4 is 29.2 Å². The van der Waals surface area contributed by atoms with Crippen molar-refractivity contribution in [3.8, 4) is 0 Å². The highest BCUT2D eigenvalue weighted by molar-refractivity contribution is 5.96. The first-order valence-corrected chi connectivity index (χ1v) is 11.9. The van der Waals surface area contributed by atoms with E-state index in [2.05, 4.69) is 31.0 Å². The first-order valence-electron chi connectivity index (χ1n) is 11.9. The number of hydrogen-bond donors (Lipinski definition) is 3. The molecular weight excluding hydrogens is 444 g/mol. The molecule has 8 heteroatoms. The average molecular weight is 481 g/mol. The van der Waals surface area contributed by atoms with E-state index in [1.54, 1.807) is 12.1 Å². The number of carbonyl (C=O) groups excluding carboxylic acids is 2. The van der Waals surface area contributed by atoms with Gasteiger partial charge in [0.1, 0.15) is 0 Å². The van der Waals surface area contributed by atoms with Crippen molar-refractivity contribution in [1.82, 2.24) is 10.2 Å². The summed E-state index contributed by atoms with van der Waals surface area (Å²) < 4.78 is 0. The van der Waals surface area contributed by atoms with Crippen LogP contribution in [-0.4, -0.2) is 54.0 Å². The van der Waals surface area contributed by atoms with Crippen molar-refractivity contribution in [2.24, 2.45) is 5.41 Å². The highest BCUT2D eigenvalue weighted by Crippen LogP contribution is 2.27. The second kappa shape index (κ2) is 10.8. The van der Waals surface area contributed by atoms with Gasteiger partial charge in [-0.3, -0.25) is 14.4 Å². The fourth-order valence-corrected chi connectivity index (χ4v) is 4.21. The molecule has 0 radical (unpaired) electrons. The lowest BCUT2D eigenvalue weighted by Crippen LogP contribution is -2.49. The Morgan fingerprint density at radius 2 is 1.66 bits per heavy atom. The predicted octanol–water partition coefficient (Wildman–Crippen LogP) is 3.61. The molecule has 35 heavy (non-hydrogen) atoms. The van der Waals surface area contributed by atoms with Gasteiger partial charge in [-0.25, -0.2) is 0 Å². The highest BCUT2D eigenvalue weighted by atomic mass is 16.4. The molecule has 2 aromatic rings. The molecule has 1 unspecified atom stereocenters. The van der Waals surface area contributed by atoms with Crippen molar-refractivity contribution in [3.05, 3.63) is 59.2 Å².